The second kappa shape index (κ2) is 8.22. The number of halogens is 1. The van der Waals surface area contributed by atoms with E-state index in [-0.39, 0.29) is 17.4 Å². The van der Waals surface area contributed by atoms with Crippen LogP contribution in [0.25, 0.3) is 0 Å². The smallest absolute Gasteiger partial charge is 0.373 e. The lowest BCUT2D eigenvalue weighted by Gasteiger charge is -2.12. The van der Waals surface area contributed by atoms with E-state index in [0.29, 0.717) is 22.4 Å². The van der Waals surface area contributed by atoms with Crippen molar-refractivity contribution in [1.29, 1.82) is 0 Å². The van der Waals surface area contributed by atoms with E-state index in [1.165, 1.54) is 6.33 Å². The molecule has 2 aromatic carbocycles. The minimum Gasteiger partial charge on any atom is -0.434 e. The lowest BCUT2D eigenvalue weighted by Crippen LogP contribution is -2.04. The van der Waals surface area contributed by atoms with E-state index in [2.05, 4.69) is 29.1 Å². The highest BCUT2D eigenvalue weighted by atomic mass is 35.5. The zero-order valence-electron chi connectivity index (χ0n) is 15.6. The molecule has 0 aliphatic heterocycles. The van der Waals surface area contributed by atoms with Gasteiger partial charge in [-0.1, -0.05) is 43.6 Å². The largest absolute Gasteiger partial charge is 0.434 e. The molecule has 0 spiro atoms. The molecule has 0 amide bonds. The standard InChI is InChI=1S/C20H19ClN4O3/c1-12(2)14-7-9-15(10-8-14)28-20-18(25(26)27)19(22-11-23-20)24-17-6-4-5-16(21)13(17)3/h4-12H,1-3H3,(H,22,23,24). The third kappa shape index (κ3) is 4.20. The summed E-state index contributed by atoms with van der Waals surface area (Å²) in [7, 11) is 0. The van der Waals surface area contributed by atoms with Gasteiger partial charge in [-0.25, -0.2) is 4.98 Å². The van der Waals surface area contributed by atoms with Gasteiger partial charge in [-0.2, -0.15) is 4.98 Å². The summed E-state index contributed by atoms with van der Waals surface area (Å²) in [6.07, 6.45) is 1.22. The number of hydrogen-bond donors (Lipinski definition) is 1. The van der Waals surface area contributed by atoms with Gasteiger partial charge in [0.1, 0.15) is 12.1 Å². The Bertz CT molecular complexity index is 1010. The maximum atomic E-state index is 11.7. The number of aromatic nitrogens is 2. The van der Waals surface area contributed by atoms with Crippen molar-refractivity contribution in [2.45, 2.75) is 26.7 Å². The van der Waals surface area contributed by atoms with Crippen molar-refractivity contribution in [1.82, 2.24) is 9.97 Å². The summed E-state index contributed by atoms with van der Waals surface area (Å²) in [5.41, 5.74) is 2.16. The van der Waals surface area contributed by atoms with E-state index in [9.17, 15) is 10.1 Å². The highest BCUT2D eigenvalue weighted by Crippen LogP contribution is 2.36. The quantitative estimate of drug-likeness (QED) is 0.404. The molecule has 28 heavy (non-hydrogen) atoms. The Kier molecular flexibility index (Phi) is 5.75. The Labute approximate surface area is 167 Å². The molecule has 8 heteroatoms. The van der Waals surface area contributed by atoms with Crippen molar-refractivity contribution in [2.75, 3.05) is 5.32 Å². The van der Waals surface area contributed by atoms with Crippen LogP contribution in [0.5, 0.6) is 11.6 Å². The Morgan fingerprint density at radius 3 is 2.50 bits per heavy atom. The van der Waals surface area contributed by atoms with Crippen LogP contribution in [0.15, 0.2) is 48.8 Å². The lowest BCUT2D eigenvalue weighted by atomic mass is 10.0. The van der Waals surface area contributed by atoms with Crippen molar-refractivity contribution < 1.29 is 9.66 Å². The van der Waals surface area contributed by atoms with Gasteiger partial charge in [0.05, 0.1) is 4.92 Å². The Hall–Kier alpha value is -3.19. The highest BCUT2D eigenvalue weighted by molar-refractivity contribution is 6.31. The number of rotatable bonds is 6. The average molecular weight is 399 g/mol. The zero-order chi connectivity index (χ0) is 20.3. The molecule has 0 aliphatic carbocycles. The molecule has 0 atom stereocenters. The fourth-order valence-electron chi connectivity index (χ4n) is 2.60. The summed E-state index contributed by atoms with van der Waals surface area (Å²) in [4.78, 5) is 19.1. The fraction of sp³-hybridized carbons (Fsp3) is 0.200. The molecule has 0 bridgehead atoms. The SMILES string of the molecule is Cc1c(Cl)cccc1Nc1ncnc(Oc2ccc(C(C)C)cc2)c1[N+](=O)[O-]. The van der Waals surface area contributed by atoms with Crippen LogP contribution < -0.4 is 10.1 Å². The molecule has 0 saturated heterocycles. The predicted molar refractivity (Wildman–Crippen MR) is 109 cm³/mol. The molecule has 3 rings (SSSR count). The molecule has 0 fully saturated rings. The summed E-state index contributed by atoms with van der Waals surface area (Å²) in [6.45, 7) is 5.98. The third-order valence-electron chi connectivity index (χ3n) is 4.25. The van der Waals surface area contributed by atoms with Crippen LogP contribution in [0.3, 0.4) is 0 Å². The molecule has 7 nitrogen and oxygen atoms in total. The van der Waals surface area contributed by atoms with Gasteiger partial charge in [0.2, 0.25) is 5.82 Å². The molecule has 1 aromatic heterocycles. The first-order chi connectivity index (χ1) is 13.4. The van der Waals surface area contributed by atoms with Crippen LogP contribution in [-0.2, 0) is 0 Å². The summed E-state index contributed by atoms with van der Waals surface area (Å²) in [5.74, 6) is 0.717. The number of nitrogens with one attached hydrogen (secondary N) is 1. The zero-order valence-corrected chi connectivity index (χ0v) is 16.4. The van der Waals surface area contributed by atoms with Crippen molar-refractivity contribution >= 4 is 28.8 Å². The van der Waals surface area contributed by atoms with Crippen molar-refractivity contribution in [2.24, 2.45) is 0 Å². The number of nitro groups is 1. The van der Waals surface area contributed by atoms with Crippen LogP contribution in [-0.4, -0.2) is 14.9 Å². The van der Waals surface area contributed by atoms with Crippen LogP contribution >= 0.6 is 11.6 Å². The van der Waals surface area contributed by atoms with Crippen molar-refractivity contribution in [3.8, 4) is 11.6 Å². The summed E-state index contributed by atoms with van der Waals surface area (Å²) >= 11 is 6.12. The highest BCUT2D eigenvalue weighted by Gasteiger charge is 2.25. The van der Waals surface area contributed by atoms with E-state index in [1.54, 1.807) is 30.3 Å². The van der Waals surface area contributed by atoms with Crippen LogP contribution in [0.1, 0.15) is 30.9 Å². The van der Waals surface area contributed by atoms with Gasteiger partial charge in [0.25, 0.3) is 0 Å². The molecule has 0 unspecified atom stereocenters. The van der Waals surface area contributed by atoms with Crippen LogP contribution in [0.2, 0.25) is 5.02 Å². The molecular formula is C20H19ClN4O3. The van der Waals surface area contributed by atoms with E-state index >= 15 is 0 Å². The molecule has 0 aliphatic rings. The monoisotopic (exact) mass is 398 g/mol. The second-order valence-corrected chi connectivity index (χ2v) is 6.90. The van der Waals surface area contributed by atoms with Gasteiger partial charge < -0.3 is 10.1 Å². The van der Waals surface area contributed by atoms with Crippen molar-refractivity contribution in [3.05, 3.63) is 75.1 Å². The topological polar surface area (TPSA) is 90.2 Å². The molecule has 1 heterocycles. The third-order valence-corrected chi connectivity index (χ3v) is 4.66. The van der Waals surface area contributed by atoms with Crippen LogP contribution in [0, 0.1) is 17.0 Å². The lowest BCUT2D eigenvalue weighted by molar-refractivity contribution is -0.385. The normalized spacial score (nSPS) is 10.8. The van der Waals surface area contributed by atoms with Crippen molar-refractivity contribution in [3.63, 3.8) is 0 Å². The maximum Gasteiger partial charge on any atom is 0.373 e. The van der Waals surface area contributed by atoms with Gasteiger partial charge in [-0.3, -0.25) is 10.1 Å². The molecule has 1 N–H and O–H groups in total. The van der Waals surface area contributed by atoms with E-state index in [4.69, 9.17) is 16.3 Å². The van der Waals surface area contributed by atoms with Gasteiger partial charge in [0.15, 0.2) is 0 Å². The van der Waals surface area contributed by atoms with E-state index in [0.717, 1.165) is 11.1 Å². The van der Waals surface area contributed by atoms with Crippen LogP contribution in [0.4, 0.5) is 17.2 Å². The number of anilines is 2. The number of nitrogens with zero attached hydrogens (tertiary/aromatic N) is 3. The maximum absolute atomic E-state index is 11.7. The average Bonchev–Trinajstić information content (AvgIpc) is 2.66. The fourth-order valence-corrected chi connectivity index (χ4v) is 2.77. The first kappa shape index (κ1) is 19.6. The number of benzene rings is 2. The molecule has 3 aromatic rings. The summed E-state index contributed by atoms with van der Waals surface area (Å²) in [6, 6.07) is 12.6. The Balaban J connectivity index is 1.95. The molecule has 0 saturated carbocycles. The summed E-state index contributed by atoms with van der Waals surface area (Å²) in [5, 5.41) is 15.2. The van der Waals surface area contributed by atoms with Gasteiger partial charge in [-0.05, 0) is 48.2 Å². The van der Waals surface area contributed by atoms with Gasteiger partial charge >= 0.3 is 11.6 Å². The van der Waals surface area contributed by atoms with Gasteiger partial charge in [-0.15, -0.1) is 0 Å². The summed E-state index contributed by atoms with van der Waals surface area (Å²) < 4.78 is 5.68. The molecular weight excluding hydrogens is 380 g/mol. The molecule has 0 radical (unpaired) electrons. The Morgan fingerprint density at radius 1 is 1.14 bits per heavy atom. The number of ether oxygens (including phenoxy) is 1. The minimum atomic E-state index is -0.569. The van der Waals surface area contributed by atoms with E-state index in [1.807, 2.05) is 19.1 Å². The Morgan fingerprint density at radius 2 is 1.86 bits per heavy atom. The van der Waals surface area contributed by atoms with E-state index < -0.39 is 4.92 Å². The molecule has 144 valence electrons. The second-order valence-electron chi connectivity index (χ2n) is 6.50. The van der Waals surface area contributed by atoms with Gasteiger partial charge in [0, 0.05) is 10.7 Å². The first-order valence-electron chi connectivity index (χ1n) is 8.66. The first-order valence-corrected chi connectivity index (χ1v) is 9.04. The minimum absolute atomic E-state index is 0.0270. The predicted octanol–water partition coefficient (Wildman–Crippen LogP) is 6.01. The number of hydrogen-bond acceptors (Lipinski definition) is 6.